The molecule has 0 aliphatic carbocycles. The van der Waals surface area contributed by atoms with Crippen LogP contribution in [0.2, 0.25) is 0 Å². The zero-order valence-corrected chi connectivity index (χ0v) is 6.56. The number of benzene rings is 1. The Kier molecular flexibility index (Phi) is 2.39. The third kappa shape index (κ3) is 1.59. The zero-order valence-electron chi connectivity index (χ0n) is 6.56. The number of hydrogen-bond acceptors (Lipinski definition) is 1. The topological polar surface area (TPSA) is 23.8 Å². The molecule has 0 aliphatic rings. The van der Waals surface area contributed by atoms with Gasteiger partial charge in [-0.2, -0.15) is 5.26 Å². The summed E-state index contributed by atoms with van der Waals surface area (Å²) in [5, 5.41) is 8.30. The number of rotatable bonds is 1. The number of halogens is 2. The highest BCUT2D eigenvalue weighted by molar-refractivity contribution is 5.27. The molecule has 0 aliphatic heterocycles. The van der Waals surface area contributed by atoms with Crippen LogP contribution in [0.4, 0.5) is 8.78 Å². The second-order valence-corrected chi connectivity index (χ2v) is 2.54. The average Bonchev–Trinajstić information content (AvgIpc) is 2.01. The summed E-state index contributed by atoms with van der Waals surface area (Å²) >= 11 is 0. The molecule has 0 amide bonds. The van der Waals surface area contributed by atoms with Crippen LogP contribution >= 0.6 is 0 Å². The van der Waals surface area contributed by atoms with Crippen molar-refractivity contribution >= 4 is 0 Å². The van der Waals surface area contributed by atoms with Crippen molar-refractivity contribution in [3.63, 3.8) is 0 Å². The van der Waals surface area contributed by atoms with Crippen molar-refractivity contribution < 1.29 is 8.78 Å². The number of hydrogen-bond donors (Lipinski definition) is 0. The van der Waals surface area contributed by atoms with Crippen molar-refractivity contribution in [2.24, 2.45) is 0 Å². The van der Waals surface area contributed by atoms with E-state index >= 15 is 0 Å². The lowest BCUT2D eigenvalue weighted by molar-refractivity contribution is 0.502. The van der Waals surface area contributed by atoms with E-state index in [1.54, 1.807) is 0 Å². The minimum Gasteiger partial charge on any atom is -0.204 e. The zero-order chi connectivity index (χ0) is 9.14. The summed E-state index contributed by atoms with van der Waals surface area (Å²) in [6, 6.07) is 4.39. The monoisotopic (exact) mass is 167 g/mol. The first-order valence-corrected chi connectivity index (χ1v) is 3.46. The summed E-state index contributed by atoms with van der Waals surface area (Å²) in [6.07, 6.45) is 0.109. The molecule has 1 aromatic carbocycles. The molecule has 0 spiro atoms. The Balaban J connectivity index is 3.14. The number of aryl methyl sites for hydroxylation is 1. The van der Waals surface area contributed by atoms with E-state index in [4.69, 9.17) is 5.26 Å². The van der Waals surface area contributed by atoms with Crippen molar-refractivity contribution in [1.82, 2.24) is 0 Å². The first kappa shape index (κ1) is 8.66. The minimum absolute atomic E-state index is 0.109. The Bertz CT molecular complexity index is 316. The van der Waals surface area contributed by atoms with Crippen LogP contribution in [-0.4, -0.2) is 0 Å². The summed E-state index contributed by atoms with van der Waals surface area (Å²) in [5.41, 5.74) is 0.745. The summed E-state index contributed by atoms with van der Waals surface area (Å²) < 4.78 is 25.4. The Morgan fingerprint density at radius 2 is 2.08 bits per heavy atom. The van der Waals surface area contributed by atoms with Crippen molar-refractivity contribution in [1.29, 1.82) is 5.26 Å². The lowest BCUT2D eigenvalue weighted by atomic mass is 10.1. The number of nitriles is 1. The highest BCUT2D eigenvalue weighted by atomic mass is 19.2. The van der Waals surface area contributed by atoms with E-state index in [1.165, 1.54) is 13.0 Å². The molecule has 0 unspecified atom stereocenters. The van der Waals surface area contributed by atoms with Crippen LogP contribution in [0.5, 0.6) is 0 Å². The quantitative estimate of drug-likeness (QED) is 0.629. The molecule has 0 bridgehead atoms. The van der Waals surface area contributed by atoms with Gasteiger partial charge in [0.15, 0.2) is 11.6 Å². The average molecular weight is 167 g/mol. The van der Waals surface area contributed by atoms with Crippen LogP contribution in [0.25, 0.3) is 0 Å². The smallest absolute Gasteiger partial charge is 0.161 e. The lowest BCUT2D eigenvalue weighted by Crippen LogP contribution is -1.92. The molecule has 0 saturated carbocycles. The standard InChI is InChI=1S/C9H7F2N/c1-6-4-7(2-3-12)5-8(10)9(6)11/h4-5H,2H2,1H3. The van der Waals surface area contributed by atoms with Gasteiger partial charge in [-0.15, -0.1) is 0 Å². The fourth-order valence-corrected chi connectivity index (χ4v) is 0.991. The largest absolute Gasteiger partial charge is 0.204 e. The first-order valence-electron chi connectivity index (χ1n) is 3.46. The third-order valence-electron chi connectivity index (χ3n) is 1.55. The maximum Gasteiger partial charge on any atom is 0.161 e. The SMILES string of the molecule is Cc1cc(CC#N)cc(F)c1F. The van der Waals surface area contributed by atoms with Gasteiger partial charge in [-0.05, 0) is 24.1 Å². The summed E-state index contributed by atoms with van der Waals surface area (Å²) in [4.78, 5) is 0. The molecular formula is C9H7F2N. The van der Waals surface area contributed by atoms with Crippen LogP contribution in [0.1, 0.15) is 11.1 Å². The normalized spacial score (nSPS) is 9.50. The van der Waals surface area contributed by atoms with E-state index in [1.807, 2.05) is 6.07 Å². The van der Waals surface area contributed by atoms with Crippen molar-refractivity contribution in [3.05, 3.63) is 34.9 Å². The van der Waals surface area contributed by atoms with Gasteiger partial charge in [0.1, 0.15) is 0 Å². The molecule has 0 fully saturated rings. The van der Waals surface area contributed by atoms with Gasteiger partial charge in [-0.1, -0.05) is 6.07 Å². The Morgan fingerprint density at radius 3 is 2.58 bits per heavy atom. The molecule has 0 N–H and O–H groups in total. The molecule has 0 saturated heterocycles. The van der Waals surface area contributed by atoms with Crippen LogP contribution < -0.4 is 0 Å². The van der Waals surface area contributed by atoms with Crippen LogP contribution in [-0.2, 0) is 6.42 Å². The van der Waals surface area contributed by atoms with Gasteiger partial charge in [0, 0.05) is 0 Å². The minimum atomic E-state index is -0.889. The molecule has 3 heteroatoms. The lowest BCUT2D eigenvalue weighted by Gasteiger charge is -2.00. The summed E-state index contributed by atoms with van der Waals surface area (Å²) in [7, 11) is 0. The van der Waals surface area contributed by atoms with Gasteiger partial charge < -0.3 is 0 Å². The molecule has 0 heterocycles. The summed E-state index contributed by atoms with van der Waals surface area (Å²) in [6.45, 7) is 1.47. The van der Waals surface area contributed by atoms with E-state index in [-0.39, 0.29) is 12.0 Å². The molecule has 1 aromatic rings. The van der Waals surface area contributed by atoms with E-state index in [0.29, 0.717) is 5.56 Å². The van der Waals surface area contributed by atoms with Gasteiger partial charge in [0.2, 0.25) is 0 Å². The van der Waals surface area contributed by atoms with Crippen molar-refractivity contribution in [2.75, 3.05) is 0 Å². The summed E-state index contributed by atoms with van der Waals surface area (Å²) in [5.74, 6) is -1.73. The van der Waals surface area contributed by atoms with E-state index in [0.717, 1.165) is 6.07 Å². The molecule has 0 aromatic heterocycles. The molecule has 1 rings (SSSR count). The van der Waals surface area contributed by atoms with E-state index in [9.17, 15) is 8.78 Å². The van der Waals surface area contributed by atoms with Gasteiger partial charge in [-0.3, -0.25) is 0 Å². The molecular weight excluding hydrogens is 160 g/mol. The predicted octanol–water partition coefficient (Wildman–Crippen LogP) is 2.34. The second kappa shape index (κ2) is 3.31. The fraction of sp³-hybridized carbons (Fsp3) is 0.222. The van der Waals surface area contributed by atoms with Crippen molar-refractivity contribution in [2.45, 2.75) is 13.3 Å². The Labute approximate surface area is 69.2 Å². The highest BCUT2D eigenvalue weighted by Crippen LogP contribution is 2.13. The Morgan fingerprint density at radius 1 is 1.42 bits per heavy atom. The first-order chi connectivity index (χ1) is 5.65. The van der Waals surface area contributed by atoms with Crippen LogP contribution in [0.3, 0.4) is 0 Å². The van der Waals surface area contributed by atoms with E-state index < -0.39 is 11.6 Å². The van der Waals surface area contributed by atoms with Gasteiger partial charge >= 0.3 is 0 Å². The fourth-order valence-electron chi connectivity index (χ4n) is 0.991. The predicted molar refractivity (Wildman–Crippen MR) is 40.4 cm³/mol. The maximum atomic E-state index is 12.7. The van der Waals surface area contributed by atoms with Gasteiger partial charge in [0.25, 0.3) is 0 Å². The molecule has 0 atom stereocenters. The number of nitrogens with zero attached hydrogens (tertiary/aromatic N) is 1. The molecule has 62 valence electrons. The van der Waals surface area contributed by atoms with Crippen LogP contribution in [0.15, 0.2) is 12.1 Å². The molecule has 0 radical (unpaired) electrons. The van der Waals surface area contributed by atoms with Gasteiger partial charge in [-0.25, -0.2) is 8.78 Å². The van der Waals surface area contributed by atoms with Gasteiger partial charge in [0.05, 0.1) is 12.5 Å². The molecule has 12 heavy (non-hydrogen) atoms. The Hall–Kier alpha value is -1.43. The van der Waals surface area contributed by atoms with Crippen molar-refractivity contribution in [3.8, 4) is 6.07 Å². The van der Waals surface area contributed by atoms with Crippen LogP contribution in [0, 0.1) is 29.9 Å². The third-order valence-corrected chi connectivity index (χ3v) is 1.55. The highest BCUT2D eigenvalue weighted by Gasteiger charge is 2.06. The maximum absolute atomic E-state index is 12.7. The molecule has 1 nitrogen and oxygen atoms in total. The van der Waals surface area contributed by atoms with E-state index in [2.05, 4.69) is 0 Å². The second-order valence-electron chi connectivity index (χ2n) is 2.54.